The Balaban J connectivity index is 2.37. The Bertz CT molecular complexity index is 423. The van der Waals surface area contributed by atoms with Crippen molar-refractivity contribution in [2.75, 3.05) is 19.5 Å². The number of rotatable bonds is 2. The molecule has 1 heterocycles. The number of ether oxygens (including phenoxy) is 2. The van der Waals surface area contributed by atoms with Gasteiger partial charge in [-0.1, -0.05) is 0 Å². The zero-order valence-corrected chi connectivity index (χ0v) is 11.9. The zero-order chi connectivity index (χ0) is 13.1. The Kier molecular flexibility index (Phi) is 4.23. The smallest absolute Gasteiger partial charge is 0.162 e. The molecule has 4 heteroatoms. The molecule has 0 saturated heterocycles. The molecule has 1 aliphatic rings. The first kappa shape index (κ1) is 13.3. The lowest BCUT2D eigenvalue weighted by atomic mass is 9.98. The van der Waals surface area contributed by atoms with Crippen LogP contribution in [0.3, 0.4) is 0 Å². The van der Waals surface area contributed by atoms with Crippen LogP contribution in [0.5, 0.6) is 11.5 Å². The number of alkyl halides is 1. The summed E-state index contributed by atoms with van der Waals surface area (Å²) in [6, 6.07) is 4.42. The van der Waals surface area contributed by atoms with Crippen LogP contribution in [-0.2, 0) is 6.42 Å². The average molecular weight is 270 g/mol. The number of anilines is 1. The summed E-state index contributed by atoms with van der Waals surface area (Å²) in [7, 11) is 3.32. The third-order valence-electron chi connectivity index (χ3n) is 3.35. The quantitative estimate of drug-likeness (QED) is 0.834. The third kappa shape index (κ3) is 2.83. The summed E-state index contributed by atoms with van der Waals surface area (Å²) in [5, 5.41) is 3.73. The van der Waals surface area contributed by atoms with E-state index in [4.69, 9.17) is 21.1 Å². The van der Waals surface area contributed by atoms with Crippen LogP contribution in [0.4, 0.5) is 5.69 Å². The Morgan fingerprint density at radius 3 is 2.56 bits per heavy atom. The van der Waals surface area contributed by atoms with Crippen molar-refractivity contribution in [3.63, 3.8) is 0 Å². The number of hydrogen-bond acceptors (Lipinski definition) is 3. The normalized spacial score (nSPS) is 23.3. The molecule has 0 saturated carbocycles. The monoisotopic (exact) mass is 269 g/mol. The lowest BCUT2D eigenvalue weighted by Crippen LogP contribution is -2.23. The molecule has 0 spiro atoms. The maximum absolute atomic E-state index is 6.29. The summed E-state index contributed by atoms with van der Waals surface area (Å²) in [6.07, 6.45) is 2.94. The van der Waals surface area contributed by atoms with Crippen molar-refractivity contribution in [3.8, 4) is 11.5 Å². The number of aryl methyl sites for hydroxylation is 1. The van der Waals surface area contributed by atoms with Crippen LogP contribution >= 0.6 is 11.6 Å². The van der Waals surface area contributed by atoms with Crippen molar-refractivity contribution < 1.29 is 9.47 Å². The topological polar surface area (TPSA) is 30.5 Å². The first-order chi connectivity index (χ1) is 8.63. The van der Waals surface area contributed by atoms with E-state index < -0.39 is 0 Å². The van der Waals surface area contributed by atoms with Crippen molar-refractivity contribution in [1.29, 1.82) is 0 Å². The fourth-order valence-corrected chi connectivity index (χ4v) is 2.78. The lowest BCUT2D eigenvalue weighted by Gasteiger charge is -2.25. The molecular formula is C14H20ClNO2. The molecule has 0 bridgehead atoms. The first-order valence-electron chi connectivity index (χ1n) is 6.29. The molecule has 0 aromatic heterocycles. The molecule has 1 aliphatic heterocycles. The Hall–Kier alpha value is -1.09. The summed E-state index contributed by atoms with van der Waals surface area (Å²) in [6.45, 7) is 2.15. The fraction of sp³-hybridized carbons (Fsp3) is 0.571. The molecule has 2 atom stereocenters. The molecule has 2 rings (SSSR count). The highest BCUT2D eigenvalue weighted by Crippen LogP contribution is 2.36. The van der Waals surface area contributed by atoms with Gasteiger partial charge < -0.3 is 14.8 Å². The summed E-state index contributed by atoms with van der Waals surface area (Å²) in [4.78, 5) is 0. The van der Waals surface area contributed by atoms with Crippen LogP contribution in [-0.4, -0.2) is 25.6 Å². The van der Waals surface area contributed by atoms with Crippen molar-refractivity contribution in [3.05, 3.63) is 17.7 Å². The maximum atomic E-state index is 6.29. The fourth-order valence-electron chi connectivity index (χ4n) is 2.40. The highest BCUT2D eigenvalue weighted by molar-refractivity contribution is 6.20. The van der Waals surface area contributed by atoms with E-state index in [1.807, 2.05) is 12.1 Å². The van der Waals surface area contributed by atoms with E-state index in [1.54, 1.807) is 14.2 Å². The SMILES string of the molecule is COc1cc2c(cc1OC)NC(C)C[C@@H](Cl)CC2. The van der Waals surface area contributed by atoms with E-state index in [2.05, 4.69) is 12.2 Å². The number of methoxy groups -OCH3 is 2. The summed E-state index contributed by atoms with van der Waals surface area (Å²) >= 11 is 6.29. The van der Waals surface area contributed by atoms with Crippen LogP contribution in [0.15, 0.2) is 12.1 Å². The van der Waals surface area contributed by atoms with Crippen LogP contribution in [0.1, 0.15) is 25.3 Å². The number of nitrogens with one attached hydrogen (secondary N) is 1. The highest BCUT2D eigenvalue weighted by atomic mass is 35.5. The van der Waals surface area contributed by atoms with Crippen molar-refractivity contribution in [2.24, 2.45) is 0 Å². The molecule has 0 radical (unpaired) electrons. The number of benzene rings is 1. The average Bonchev–Trinajstić information content (AvgIpc) is 2.34. The molecule has 1 N–H and O–H groups in total. The van der Waals surface area contributed by atoms with Crippen molar-refractivity contribution >= 4 is 17.3 Å². The Morgan fingerprint density at radius 1 is 1.22 bits per heavy atom. The van der Waals surface area contributed by atoms with Gasteiger partial charge in [0.15, 0.2) is 11.5 Å². The van der Waals surface area contributed by atoms with E-state index >= 15 is 0 Å². The second kappa shape index (κ2) is 5.70. The van der Waals surface area contributed by atoms with Crippen LogP contribution in [0, 0.1) is 0 Å². The molecule has 0 aliphatic carbocycles. The molecule has 0 amide bonds. The predicted molar refractivity (Wildman–Crippen MR) is 75.2 cm³/mol. The van der Waals surface area contributed by atoms with Crippen molar-refractivity contribution in [2.45, 2.75) is 37.6 Å². The van der Waals surface area contributed by atoms with Gasteiger partial charge in [-0.05, 0) is 37.8 Å². The van der Waals surface area contributed by atoms with E-state index in [-0.39, 0.29) is 5.38 Å². The lowest BCUT2D eigenvalue weighted by molar-refractivity contribution is 0.354. The minimum absolute atomic E-state index is 0.230. The summed E-state index contributed by atoms with van der Waals surface area (Å²) in [5.41, 5.74) is 2.37. The largest absolute Gasteiger partial charge is 0.493 e. The van der Waals surface area contributed by atoms with E-state index in [0.717, 1.165) is 36.4 Å². The van der Waals surface area contributed by atoms with Gasteiger partial charge in [-0.15, -0.1) is 11.6 Å². The van der Waals surface area contributed by atoms with Crippen LogP contribution in [0.25, 0.3) is 0 Å². The zero-order valence-electron chi connectivity index (χ0n) is 11.1. The molecular weight excluding hydrogens is 250 g/mol. The maximum Gasteiger partial charge on any atom is 0.162 e. The first-order valence-corrected chi connectivity index (χ1v) is 6.73. The minimum Gasteiger partial charge on any atom is -0.493 e. The van der Waals surface area contributed by atoms with E-state index in [1.165, 1.54) is 5.56 Å². The molecule has 100 valence electrons. The molecule has 0 fully saturated rings. The van der Waals surface area contributed by atoms with E-state index in [9.17, 15) is 0 Å². The van der Waals surface area contributed by atoms with Gasteiger partial charge in [0.1, 0.15) is 0 Å². The summed E-state index contributed by atoms with van der Waals surface area (Å²) in [5.74, 6) is 1.54. The minimum atomic E-state index is 0.230. The van der Waals surface area contributed by atoms with Crippen LogP contribution in [0.2, 0.25) is 0 Å². The molecule has 1 unspecified atom stereocenters. The van der Waals surface area contributed by atoms with Gasteiger partial charge >= 0.3 is 0 Å². The standard InChI is InChI=1S/C14H20ClNO2/c1-9-6-11(15)5-4-10-7-13(17-2)14(18-3)8-12(10)16-9/h7-9,11,16H,4-6H2,1-3H3/t9?,11-/m0/s1. The van der Waals surface area contributed by atoms with Gasteiger partial charge in [0, 0.05) is 23.2 Å². The summed E-state index contributed by atoms with van der Waals surface area (Å²) < 4.78 is 10.7. The van der Waals surface area contributed by atoms with Gasteiger partial charge in [-0.2, -0.15) is 0 Å². The molecule has 1 aromatic carbocycles. The van der Waals surface area contributed by atoms with E-state index in [0.29, 0.717) is 6.04 Å². The second-order valence-corrected chi connectivity index (χ2v) is 5.40. The van der Waals surface area contributed by atoms with Gasteiger partial charge in [-0.3, -0.25) is 0 Å². The number of halogens is 1. The van der Waals surface area contributed by atoms with Crippen LogP contribution < -0.4 is 14.8 Å². The molecule has 1 aromatic rings. The van der Waals surface area contributed by atoms with Gasteiger partial charge in [0.05, 0.1) is 14.2 Å². The molecule has 3 nitrogen and oxygen atoms in total. The van der Waals surface area contributed by atoms with Crippen molar-refractivity contribution in [1.82, 2.24) is 0 Å². The number of fused-ring (bicyclic) bond motifs is 1. The van der Waals surface area contributed by atoms with Gasteiger partial charge in [-0.25, -0.2) is 0 Å². The van der Waals surface area contributed by atoms with Gasteiger partial charge in [0.2, 0.25) is 0 Å². The molecule has 18 heavy (non-hydrogen) atoms. The van der Waals surface area contributed by atoms with Gasteiger partial charge in [0.25, 0.3) is 0 Å². The third-order valence-corrected chi connectivity index (χ3v) is 3.74. The number of hydrogen-bond donors (Lipinski definition) is 1. The Labute approximate surface area is 113 Å². The Morgan fingerprint density at radius 2 is 1.89 bits per heavy atom. The highest BCUT2D eigenvalue weighted by Gasteiger charge is 2.19. The second-order valence-electron chi connectivity index (χ2n) is 4.78. The predicted octanol–water partition coefficient (Wildman–Crippen LogP) is 3.45.